The number of aliphatic hydroxyl groups excluding tert-OH is 1. The number of Topliss-reactive ketones (excluding diaryl/α,β-unsaturated/α-hetero) is 2. The number of nitrogens with one attached hydrogen (secondary N) is 1. The highest BCUT2D eigenvalue weighted by molar-refractivity contribution is 5.93. The van der Waals surface area contributed by atoms with E-state index < -0.39 is 12.1 Å². The molecule has 252 valence electrons. The monoisotopic (exact) mass is 604 g/mol. The highest BCUT2D eigenvalue weighted by atomic mass is 16.3. The van der Waals surface area contributed by atoms with Crippen LogP contribution in [0.3, 0.4) is 0 Å². The zero-order valence-electron chi connectivity index (χ0n) is 29.0. The quantitative estimate of drug-likeness (QED) is 0.0567. The van der Waals surface area contributed by atoms with Crippen LogP contribution in [0, 0.1) is 0 Å². The number of carbonyl (C=O) groups excluding carboxylic acids is 2. The third kappa shape index (κ3) is 28.0. The van der Waals surface area contributed by atoms with Crippen molar-refractivity contribution >= 4 is 11.6 Å². The molecule has 0 heterocycles. The van der Waals surface area contributed by atoms with E-state index in [0.29, 0.717) is 12.8 Å². The minimum atomic E-state index is -1.22. The number of aliphatic hydroxyl groups is 1. The smallest absolute Gasteiger partial charge is 0.163 e. The lowest BCUT2D eigenvalue weighted by atomic mass is 9.95. The van der Waals surface area contributed by atoms with Crippen LogP contribution in [0.4, 0.5) is 0 Å². The number of carbonyl (C=O) groups is 2. The molecule has 2 N–H and O–H groups in total. The summed E-state index contributed by atoms with van der Waals surface area (Å²) >= 11 is 0. The molecule has 0 spiro atoms. The number of unbranched alkanes of at least 4 members (excludes halogenated alkanes) is 22. The van der Waals surface area contributed by atoms with Crippen LogP contribution in [0.25, 0.3) is 0 Å². The van der Waals surface area contributed by atoms with Crippen molar-refractivity contribution in [2.75, 3.05) is 7.05 Å². The minimum Gasteiger partial charge on any atom is -0.383 e. The van der Waals surface area contributed by atoms with Crippen molar-refractivity contribution in [3.05, 3.63) is 24.3 Å². The Morgan fingerprint density at radius 1 is 0.488 bits per heavy atom. The summed E-state index contributed by atoms with van der Waals surface area (Å²) in [5.41, 5.74) is 0. The number of hydrogen-bond acceptors (Lipinski definition) is 4. The first-order valence-corrected chi connectivity index (χ1v) is 18.8. The Morgan fingerprint density at radius 2 is 0.791 bits per heavy atom. The van der Waals surface area contributed by atoms with Crippen molar-refractivity contribution in [1.82, 2.24) is 5.32 Å². The second-order valence-corrected chi connectivity index (χ2v) is 12.8. The lowest BCUT2D eigenvalue weighted by molar-refractivity contribution is -0.134. The fraction of sp³-hybridized carbons (Fsp3) is 0.846. The van der Waals surface area contributed by atoms with E-state index in [-0.39, 0.29) is 11.6 Å². The third-order valence-electron chi connectivity index (χ3n) is 8.67. The molecular formula is C39H73NO3. The molecule has 0 rings (SSSR count). The molecule has 2 atom stereocenters. The van der Waals surface area contributed by atoms with Crippen LogP contribution in [0.5, 0.6) is 0 Å². The number of hydrogen-bond donors (Lipinski definition) is 2. The molecule has 2 unspecified atom stereocenters. The average Bonchev–Trinajstić information content (AvgIpc) is 3.01. The van der Waals surface area contributed by atoms with Gasteiger partial charge in [-0.15, -0.1) is 0 Å². The van der Waals surface area contributed by atoms with Gasteiger partial charge < -0.3 is 10.4 Å². The molecule has 43 heavy (non-hydrogen) atoms. The second kappa shape index (κ2) is 33.6. The summed E-state index contributed by atoms with van der Waals surface area (Å²) in [4.78, 5) is 25.2. The van der Waals surface area contributed by atoms with E-state index in [1.54, 1.807) is 7.05 Å². The van der Waals surface area contributed by atoms with Crippen molar-refractivity contribution in [1.29, 1.82) is 0 Å². The molecule has 0 aliphatic carbocycles. The Kier molecular flexibility index (Phi) is 32.6. The Morgan fingerprint density at radius 3 is 1.14 bits per heavy atom. The largest absolute Gasteiger partial charge is 0.383 e. The standard InChI is InChI=1S/C39H73NO3/c1-4-6-8-10-12-14-16-18-20-22-24-26-28-30-32-34-36(41)38(40-3)39(43)37(42)35-33-31-29-27-25-23-21-19-17-15-13-11-9-7-5-2/h18-21,38-40,43H,4-17,22-35H2,1-3H3/b20-18-,21-19-. The van der Waals surface area contributed by atoms with Crippen molar-refractivity contribution in [2.45, 2.75) is 206 Å². The van der Waals surface area contributed by atoms with Crippen molar-refractivity contribution in [3.8, 4) is 0 Å². The summed E-state index contributed by atoms with van der Waals surface area (Å²) in [5, 5.41) is 13.4. The van der Waals surface area contributed by atoms with Crippen LogP contribution in [-0.2, 0) is 9.59 Å². The molecule has 0 aromatic rings. The molecule has 4 nitrogen and oxygen atoms in total. The summed E-state index contributed by atoms with van der Waals surface area (Å²) in [5.74, 6) is -0.236. The highest BCUT2D eigenvalue weighted by Crippen LogP contribution is 2.14. The Balaban J connectivity index is 3.75. The van der Waals surface area contributed by atoms with E-state index >= 15 is 0 Å². The fourth-order valence-corrected chi connectivity index (χ4v) is 5.72. The Hall–Kier alpha value is -1.26. The van der Waals surface area contributed by atoms with Crippen LogP contribution in [-0.4, -0.2) is 35.9 Å². The number of ketones is 2. The van der Waals surface area contributed by atoms with Crippen LogP contribution in [0.15, 0.2) is 24.3 Å². The van der Waals surface area contributed by atoms with Gasteiger partial charge in [-0.05, 0) is 71.3 Å². The van der Waals surface area contributed by atoms with Gasteiger partial charge in [-0.25, -0.2) is 0 Å². The Bertz CT molecular complexity index is 671. The summed E-state index contributed by atoms with van der Waals surface area (Å²) in [6, 6.07) is -0.771. The van der Waals surface area contributed by atoms with Crippen LogP contribution >= 0.6 is 0 Å². The van der Waals surface area contributed by atoms with E-state index in [0.717, 1.165) is 51.4 Å². The zero-order valence-corrected chi connectivity index (χ0v) is 29.0. The molecule has 0 saturated carbocycles. The minimum absolute atomic E-state index is 0.0366. The second-order valence-electron chi connectivity index (χ2n) is 12.8. The van der Waals surface area contributed by atoms with E-state index in [1.807, 2.05) is 0 Å². The maximum atomic E-state index is 12.7. The SMILES string of the molecule is CCCCCCCC/C=C\CCCCCCCC(=O)C(O)C(NC)C(=O)CCCCCCC/C=C\CCCCCCCC. The van der Waals surface area contributed by atoms with Gasteiger partial charge in [0.05, 0.1) is 6.04 Å². The summed E-state index contributed by atoms with van der Waals surface area (Å²) in [7, 11) is 1.67. The van der Waals surface area contributed by atoms with Gasteiger partial charge in [0, 0.05) is 12.8 Å². The highest BCUT2D eigenvalue weighted by Gasteiger charge is 2.29. The first-order chi connectivity index (χ1) is 21.1. The predicted molar refractivity (Wildman–Crippen MR) is 188 cm³/mol. The molecule has 0 amide bonds. The van der Waals surface area contributed by atoms with Gasteiger partial charge in [-0.3, -0.25) is 9.59 Å². The molecule has 0 saturated heterocycles. The molecule has 0 aliphatic heterocycles. The van der Waals surface area contributed by atoms with Gasteiger partial charge in [-0.2, -0.15) is 0 Å². The first kappa shape index (κ1) is 41.7. The van der Waals surface area contributed by atoms with Crippen LogP contribution < -0.4 is 5.32 Å². The van der Waals surface area contributed by atoms with Crippen molar-refractivity contribution in [3.63, 3.8) is 0 Å². The van der Waals surface area contributed by atoms with E-state index in [1.165, 1.54) is 116 Å². The van der Waals surface area contributed by atoms with Crippen LogP contribution in [0.2, 0.25) is 0 Å². The topological polar surface area (TPSA) is 66.4 Å². The summed E-state index contributed by atoms with van der Waals surface area (Å²) < 4.78 is 0. The first-order valence-electron chi connectivity index (χ1n) is 18.8. The number of likely N-dealkylation sites (N-methyl/N-ethyl adjacent to an activating group) is 1. The molecular weight excluding hydrogens is 530 g/mol. The van der Waals surface area contributed by atoms with Gasteiger partial charge >= 0.3 is 0 Å². The molecule has 4 heteroatoms. The van der Waals surface area contributed by atoms with E-state index in [9.17, 15) is 14.7 Å². The molecule has 0 aliphatic rings. The van der Waals surface area contributed by atoms with Gasteiger partial charge in [0.2, 0.25) is 0 Å². The van der Waals surface area contributed by atoms with Crippen molar-refractivity contribution in [2.24, 2.45) is 0 Å². The maximum Gasteiger partial charge on any atom is 0.163 e. The van der Waals surface area contributed by atoms with Gasteiger partial charge in [0.1, 0.15) is 6.10 Å². The summed E-state index contributed by atoms with van der Waals surface area (Å²) in [6.07, 6.45) is 40.7. The Labute approximate surface area is 268 Å². The maximum absolute atomic E-state index is 12.7. The lowest BCUT2D eigenvalue weighted by Gasteiger charge is -2.20. The van der Waals surface area contributed by atoms with Gasteiger partial charge in [-0.1, -0.05) is 141 Å². The molecule has 0 fully saturated rings. The normalized spacial score (nSPS) is 13.3. The molecule has 0 aromatic carbocycles. The average molecular weight is 604 g/mol. The van der Waals surface area contributed by atoms with E-state index in [4.69, 9.17) is 0 Å². The van der Waals surface area contributed by atoms with Crippen molar-refractivity contribution < 1.29 is 14.7 Å². The summed E-state index contributed by atoms with van der Waals surface area (Å²) in [6.45, 7) is 4.52. The van der Waals surface area contributed by atoms with E-state index in [2.05, 4.69) is 43.5 Å². The lowest BCUT2D eigenvalue weighted by Crippen LogP contribution is -2.48. The third-order valence-corrected chi connectivity index (χ3v) is 8.67. The molecule has 0 aromatic heterocycles. The predicted octanol–water partition coefficient (Wildman–Crippen LogP) is 11.1. The zero-order chi connectivity index (χ0) is 31.6. The van der Waals surface area contributed by atoms with Crippen LogP contribution in [0.1, 0.15) is 194 Å². The number of rotatable bonds is 34. The van der Waals surface area contributed by atoms with Gasteiger partial charge in [0.25, 0.3) is 0 Å². The fourth-order valence-electron chi connectivity index (χ4n) is 5.72. The van der Waals surface area contributed by atoms with Gasteiger partial charge in [0.15, 0.2) is 11.6 Å². The molecule has 0 radical (unpaired) electrons. The number of allylic oxidation sites excluding steroid dienone is 4. The molecule has 0 bridgehead atoms.